The Morgan fingerprint density at radius 3 is 2.43 bits per heavy atom. The van der Waals surface area contributed by atoms with Crippen LogP contribution in [0.1, 0.15) is 22.1 Å². The number of halogens is 1. The molecule has 21 heavy (non-hydrogen) atoms. The number of ether oxygens (including phenoxy) is 1. The molecule has 0 saturated carbocycles. The van der Waals surface area contributed by atoms with Crippen molar-refractivity contribution in [2.45, 2.75) is 17.2 Å². The fourth-order valence-corrected chi connectivity index (χ4v) is 3.20. The van der Waals surface area contributed by atoms with Gasteiger partial charge in [0.05, 0.1) is 17.4 Å². The zero-order valence-corrected chi connectivity index (χ0v) is 13.7. The van der Waals surface area contributed by atoms with Crippen molar-refractivity contribution in [3.8, 4) is 5.75 Å². The van der Waals surface area contributed by atoms with E-state index in [1.807, 2.05) is 31.2 Å². The van der Waals surface area contributed by atoms with Crippen LogP contribution in [-0.4, -0.2) is 21.8 Å². The summed E-state index contributed by atoms with van der Waals surface area (Å²) in [5.41, 5.74) is 2.69. The Labute approximate surface area is 130 Å². The molecule has 0 spiro atoms. The molecule has 0 radical (unpaired) electrons. The summed E-state index contributed by atoms with van der Waals surface area (Å²) in [4.78, 5) is 0.275. The van der Waals surface area contributed by atoms with Crippen LogP contribution in [0.2, 0.25) is 0 Å². The second-order valence-corrected chi connectivity index (χ2v) is 7.38. The molecule has 0 aromatic heterocycles. The highest BCUT2D eigenvalue weighted by Gasteiger charge is 2.16. The predicted octanol–water partition coefficient (Wildman–Crippen LogP) is 3.74. The molecular formula is C16H17ClO3S. The van der Waals surface area contributed by atoms with Gasteiger partial charge in [0, 0.05) is 6.26 Å². The van der Waals surface area contributed by atoms with Crippen molar-refractivity contribution in [2.75, 3.05) is 13.4 Å². The first kappa shape index (κ1) is 15.9. The summed E-state index contributed by atoms with van der Waals surface area (Å²) >= 11 is 6.52. The normalized spacial score (nSPS) is 13.0. The third-order valence-electron chi connectivity index (χ3n) is 3.33. The second-order valence-electron chi connectivity index (χ2n) is 4.93. The van der Waals surface area contributed by atoms with Gasteiger partial charge in [-0.25, -0.2) is 8.42 Å². The van der Waals surface area contributed by atoms with Gasteiger partial charge in [-0.2, -0.15) is 0 Å². The van der Waals surface area contributed by atoms with Crippen LogP contribution in [0.25, 0.3) is 0 Å². The van der Waals surface area contributed by atoms with Crippen LogP contribution in [0, 0.1) is 6.92 Å². The van der Waals surface area contributed by atoms with Crippen LogP contribution < -0.4 is 4.74 Å². The molecule has 3 nitrogen and oxygen atoms in total. The third-order valence-corrected chi connectivity index (χ3v) is 4.93. The Morgan fingerprint density at radius 1 is 1.14 bits per heavy atom. The minimum atomic E-state index is -3.24. The summed E-state index contributed by atoms with van der Waals surface area (Å²) < 4.78 is 28.4. The van der Waals surface area contributed by atoms with Crippen molar-refractivity contribution in [1.29, 1.82) is 0 Å². The topological polar surface area (TPSA) is 43.4 Å². The van der Waals surface area contributed by atoms with Crippen LogP contribution >= 0.6 is 11.6 Å². The van der Waals surface area contributed by atoms with E-state index in [2.05, 4.69) is 0 Å². The molecule has 2 rings (SSSR count). The Morgan fingerprint density at radius 2 is 1.86 bits per heavy atom. The molecule has 0 bridgehead atoms. The number of sulfone groups is 1. The summed E-state index contributed by atoms with van der Waals surface area (Å²) in [7, 11) is -1.63. The SMILES string of the molecule is COc1ccc(C(Cl)c2cccc(S(C)(=O)=O)c2)c(C)c1. The lowest BCUT2D eigenvalue weighted by atomic mass is 10.00. The van der Waals surface area contributed by atoms with E-state index in [0.717, 1.165) is 22.4 Å². The lowest BCUT2D eigenvalue weighted by Crippen LogP contribution is -2.01. The van der Waals surface area contributed by atoms with E-state index < -0.39 is 15.2 Å². The minimum absolute atomic E-state index is 0.275. The molecule has 0 fully saturated rings. The van der Waals surface area contributed by atoms with Gasteiger partial charge >= 0.3 is 0 Å². The van der Waals surface area contributed by atoms with Gasteiger partial charge in [0.1, 0.15) is 5.75 Å². The molecule has 1 atom stereocenters. The molecule has 1 unspecified atom stereocenters. The zero-order valence-electron chi connectivity index (χ0n) is 12.1. The van der Waals surface area contributed by atoms with Crippen LogP contribution in [-0.2, 0) is 9.84 Å². The number of methoxy groups -OCH3 is 1. The number of hydrogen-bond donors (Lipinski definition) is 0. The first-order valence-corrected chi connectivity index (χ1v) is 8.74. The summed E-state index contributed by atoms with van der Waals surface area (Å²) in [5, 5.41) is -0.405. The Balaban J connectivity index is 2.43. The standard InChI is InChI=1S/C16H17ClO3S/c1-11-9-13(20-2)7-8-15(11)16(17)12-5-4-6-14(10-12)21(3,18)19/h4-10,16H,1-3H3. The number of benzene rings is 2. The first-order chi connectivity index (χ1) is 9.82. The molecule has 0 aliphatic rings. The molecule has 2 aromatic rings. The molecule has 2 aromatic carbocycles. The predicted molar refractivity (Wildman–Crippen MR) is 85.0 cm³/mol. The van der Waals surface area contributed by atoms with Crippen LogP contribution in [0.3, 0.4) is 0 Å². The van der Waals surface area contributed by atoms with E-state index in [4.69, 9.17) is 16.3 Å². The lowest BCUT2D eigenvalue weighted by Gasteiger charge is -2.15. The molecule has 0 aliphatic heterocycles. The van der Waals surface area contributed by atoms with Crippen LogP contribution in [0.5, 0.6) is 5.75 Å². The fourth-order valence-electron chi connectivity index (χ4n) is 2.14. The van der Waals surface area contributed by atoms with E-state index >= 15 is 0 Å². The van der Waals surface area contributed by atoms with Crippen molar-refractivity contribution in [3.05, 3.63) is 59.2 Å². The summed E-state index contributed by atoms with van der Waals surface area (Å²) in [5.74, 6) is 0.769. The number of hydrogen-bond acceptors (Lipinski definition) is 3. The maximum absolute atomic E-state index is 11.6. The molecule has 5 heteroatoms. The molecule has 0 amide bonds. The van der Waals surface area contributed by atoms with Gasteiger partial charge in [0.15, 0.2) is 9.84 Å². The van der Waals surface area contributed by atoms with Gasteiger partial charge in [-0.3, -0.25) is 0 Å². The number of aryl methyl sites for hydroxylation is 1. The quantitative estimate of drug-likeness (QED) is 0.805. The lowest BCUT2D eigenvalue weighted by molar-refractivity contribution is 0.414. The van der Waals surface area contributed by atoms with E-state index in [1.165, 1.54) is 6.26 Å². The average Bonchev–Trinajstić information content (AvgIpc) is 2.45. The third kappa shape index (κ3) is 3.57. The molecule has 0 heterocycles. The van der Waals surface area contributed by atoms with Crippen molar-refractivity contribution in [2.24, 2.45) is 0 Å². The van der Waals surface area contributed by atoms with Gasteiger partial charge in [-0.05, 0) is 47.9 Å². The van der Waals surface area contributed by atoms with Gasteiger partial charge in [-0.1, -0.05) is 18.2 Å². The van der Waals surface area contributed by atoms with Gasteiger partial charge < -0.3 is 4.74 Å². The van der Waals surface area contributed by atoms with Gasteiger partial charge in [0.2, 0.25) is 0 Å². The Kier molecular flexibility index (Phi) is 4.59. The van der Waals surface area contributed by atoms with Crippen molar-refractivity contribution < 1.29 is 13.2 Å². The van der Waals surface area contributed by atoms with Crippen molar-refractivity contribution in [1.82, 2.24) is 0 Å². The van der Waals surface area contributed by atoms with Crippen LogP contribution in [0.15, 0.2) is 47.4 Å². The fraction of sp³-hybridized carbons (Fsp3) is 0.250. The van der Waals surface area contributed by atoms with Gasteiger partial charge in [-0.15, -0.1) is 11.6 Å². The highest BCUT2D eigenvalue weighted by molar-refractivity contribution is 7.90. The van der Waals surface area contributed by atoms with Crippen molar-refractivity contribution in [3.63, 3.8) is 0 Å². The number of alkyl halides is 1. The summed E-state index contributed by atoms with van der Waals surface area (Å²) in [6.45, 7) is 1.95. The highest BCUT2D eigenvalue weighted by Crippen LogP contribution is 2.33. The highest BCUT2D eigenvalue weighted by atomic mass is 35.5. The Hall–Kier alpha value is -1.52. The summed E-state index contributed by atoms with van der Waals surface area (Å²) in [6.07, 6.45) is 1.19. The van der Waals surface area contributed by atoms with E-state index in [0.29, 0.717) is 0 Å². The van der Waals surface area contributed by atoms with E-state index in [-0.39, 0.29) is 4.90 Å². The van der Waals surface area contributed by atoms with Crippen LogP contribution in [0.4, 0.5) is 0 Å². The molecule has 0 saturated heterocycles. The van der Waals surface area contributed by atoms with E-state index in [9.17, 15) is 8.42 Å². The van der Waals surface area contributed by atoms with Crippen molar-refractivity contribution >= 4 is 21.4 Å². The molecule has 0 aliphatic carbocycles. The zero-order chi connectivity index (χ0) is 15.6. The molecular weight excluding hydrogens is 308 g/mol. The maximum Gasteiger partial charge on any atom is 0.175 e. The summed E-state index contributed by atoms with van der Waals surface area (Å²) in [6, 6.07) is 12.4. The largest absolute Gasteiger partial charge is 0.497 e. The van der Waals surface area contributed by atoms with E-state index in [1.54, 1.807) is 25.3 Å². The smallest absolute Gasteiger partial charge is 0.175 e. The average molecular weight is 325 g/mol. The first-order valence-electron chi connectivity index (χ1n) is 6.41. The monoisotopic (exact) mass is 324 g/mol. The maximum atomic E-state index is 11.6. The molecule has 0 N–H and O–H groups in total. The second kappa shape index (κ2) is 6.08. The Bertz CT molecular complexity index is 754. The minimum Gasteiger partial charge on any atom is -0.497 e. The molecule has 112 valence electrons. The number of rotatable bonds is 4. The van der Waals surface area contributed by atoms with Gasteiger partial charge in [0.25, 0.3) is 0 Å².